The first-order valence-corrected chi connectivity index (χ1v) is 11.5. The largest absolute Gasteiger partial charge is 0.481 e. The zero-order valence-corrected chi connectivity index (χ0v) is 20.0. The molecular formula is C27H28ClFN2O3. The number of amides is 2. The van der Waals surface area contributed by atoms with Crippen molar-refractivity contribution < 1.29 is 18.7 Å². The van der Waals surface area contributed by atoms with E-state index in [9.17, 15) is 14.0 Å². The van der Waals surface area contributed by atoms with E-state index in [1.54, 1.807) is 36.4 Å². The maximum atomic E-state index is 14.0. The third kappa shape index (κ3) is 7.32. The number of para-hydroxylation sites is 1. The molecule has 3 rings (SSSR count). The number of rotatable bonds is 10. The van der Waals surface area contributed by atoms with Gasteiger partial charge in [0.1, 0.15) is 6.04 Å². The molecule has 0 aromatic heterocycles. The lowest BCUT2D eigenvalue weighted by molar-refractivity contribution is -0.143. The summed E-state index contributed by atoms with van der Waals surface area (Å²) in [5.74, 6) is -1.28. The molecule has 0 radical (unpaired) electrons. The van der Waals surface area contributed by atoms with Gasteiger partial charge in [-0.25, -0.2) is 4.39 Å². The third-order valence-corrected chi connectivity index (χ3v) is 5.41. The van der Waals surface area contributed by atoms with Gasteiger partial charge in [0.15, 0.2) is 18.2 Å². The van der Waals surface area contributed by atoms with Crippen molar-refractivity contribution in [2.75, 3.05) is 6.61 Å². The molecule has 1 unspecified atom stereocenters. The quantitative estimate of drug-likeness (QED) is 0.441. The van der Waals surface area contributed by atoms with E-state index in [0.717, 1.165) is 11.1 Å². The van der Waals surface area contributed by atoms with Crippen LogP contribution in [0.4, 0.5) is 4.39 Å². The Labute approximate surface area is 204 Å². The standard InChI is InChI=1S/C27H28ClFN2O3/c1-19(2)30-27(33)24(16-20-8-4-3-5-9-20)31(17-21-12-14-22(28)15-13-21)26(32)18-34-25-11-7-6-10-23(25)29/h3-15,19,24H,16-18H2,1-2H3,(H,30,33). The third-order valence-electron chi connectivity index (χ3n) is 5.16. The Morgan fingerprint density at radius 1 is 0.941 bits per heavy atom. The van der Waals surface area contributed by atoms with E-state index in [1.165, 1.54) is 17.0 Å². The zero-order chi connectivity index (χ0) is 24.5. The van der Waals surface area contributed by atoms with Crippen LogP contribution in [0.15, 0.2) is 78.9 Å². The van der Waals surface area contributed by atoms with E-state index in [4.69, 9.17) is 16.3 Å². The molecule has 34 heavy (non-hydrogen) atoms. The Morgan fingerprint density at radius 3 is 2.24 bits per heavy atom. The van der Waals surface area contributed by atoms with Crippen LogP contribution in [-0.2, 0) is 22.6 Å². The Kier molecular flexibility index (Phi) is 9.05. The average Bonchev–Trinajstić information content (AvgIpc) is 2.82. The zero-order valence-electron chi connectivity index (χ0n) is 19.2. The first-order chi connectivity index (χ1) is 16.3. The van der Waals surface area contributed by atoms with E-state index in [0.29, 0.717) is 11.4 Å². The second-order valence-electron chi connectivity index (χ2n) is 8.24. The van der Waals surface area contributed by atoms with Crippen LogP contribution in [0.3, 0.4) is 0 Å². The van der Waals surface area contributed by atoms with Gasteiger partial charge in [0.25, 0.3) is 5.91 Å². The Hall–Kier alpha value is -3.38. The molecule has 0 spiro atoms. The second kappa shape index (κ2) is 12.2. The normalized spacial score (nSPS) is 11.7. The van der Waals surface area contributed by atoms with Gasteiger partial charge in [-0.3, -0.25) is 9.59 Å². The number of hydrogen-bond donors (Lipinski definition) is 1. The lowest BCUT2D eigenvalue weighted by Crippen LogP contribution is -2.52. The van der Waals surface area contributed by atoms with Gasteiger partial charge >= 0.3 is 0 Å². The highest BCUT2D eigenvalue weighted by atomic mass is 35.5. The van der Waals surface area contributed by atoms with Gasteiger partial charge in [-0.05, 0) is 49.2 Å². The van der Waals surface area contributed by atoms with Gasteiger partial charge in [-0.15, -0.1) is 0 Å². The van der Waals surface area contributed by atoms with Crippen LogP contribution >= 0.6 is 11.6 Å². The second-order valence-corrected chi connectivity index (χ2v) is 8.67. The summed E-state index contributed by atoms with van der Waals surface area (Å²) in [5.41, 5.74) is 1.72. The molecule has 0 bridgehead atoms. The highest BCUT2D eigenvalue weighted by molar-refractivity contribution is 6.30. The van der Waals surface area contributed by atoms with E-state index in [-0.39, 0.29) is 24.2 Å². The van der Waals surface area contributed by atoms with Crippen LogP contribution < -0.4 is 10.1 Å². The molecule has 3 aromatic rings. The molecule has 178 valence electrons. The van der Waals surface area contributed by atoms with Crippen LogP contribution in [0.5, 0.6) is 5.75 Å². The molecule has 0 aliphatic heterocycles. The first-order valence-electron chi connectivity index (χ1n) is 11.1. The van der Waals surface area contributed by atoms with Crippen molar-refractivity contribution in [3.63, 3.8) is 0 Å². The van der Waals surface area contributed by atoms with E-state index in [1.807, 2.05) is 44.2 Å². The molecule has 1 N–H and O–H groups in total. The van der Waals surface area contributed by atoms with E-state index < -0.39 is 24.4 Å². The number of hydrogen-bond acceptors (Lipinski definition) is 3. The fourth-order valence-corrected chi connectivity index (χ4v) is 3.63. The summed E-state index contributed by atoms with van der Waals surface area (Å²) in [7, 11) is 0. The van der Waals surface area contributed by atoms with Crippen molar-refractivity contribution >= 4 is 23.4 Å². The summed E-state index contributed by atoms with van der Waals surface area (Å²) in [6.45, 7) is 3.49. The molecule has 7 heteroatoms. The summed E-state index contributed by atoms with van der Waals surface area (Å²) >= 11 is 6.02. The number of benzene rings is 3. The lowest BCUT2D eigenvalue weighted by Gasteiger charge is -2.32. The Balaban J connectivity index is 1.91. The fraction of sp³-hybridized carbons (Fsp3) is 0.259. The number of halogens is 2. The summed E-state index contributed by atoms with van der Waals surface area (Å²) in [5, 5.41) is 3.49. The van der Waals surface area contributed by atoms with Crippen LogP contribution in [0.1, 0.15) is 25.0 Å². The predicted molar refractivity (Wildman–Crippen MR) is 131 cm³/mol. The smallest absolute Gasteiger partial charge is 0.261 e. The van der Waals surface area contributed by atoms with Crippen LogP contribution in [0.2, 0.25) is 5.02 Å². The Bertz CT molecular complexity index is 1090. The minimum atomic E-state index is -0.794. The first kappa shape index (κ1) is 25.2. The highest BCUT2D eigenvalue weighted by Gasteiger charge is 2.31. The molecule has 0 saturated heterocycles. The molecule has 0 heterocycles. The molecule has 0 aliphatic rings. The highest BCUT2D eigenvalue weighted by Crippen LogP contribution is 2.19. The topological polar surface area (TPSA) is 58.6 Å². The van der Waals surface area contributed by atoms with Gasteiger partial charge < -0.3 is 15.0 Å². The van der Waals surface area contributed by atoms with Crippen molar-refractivity contribution in [2.45, 2.75) is 38.9 Å². The molecule has 0 fully saturated rings. The number of nitrogens with zero attached hydrogens (tertiary/aromatic N) is 1. The Morgan fingerprint density at radius 2 is 1.59 bits per heavy atom. The van der Waals surface area contributed by atoms with Crippen LogP contribution in [0.25, 0.3) is 0 Å². The van der Waals surface area contributed by atoms with Crippen molar-refractivity contribution in [1.82, 2.24) is 10.2 Å². The summed E-state index contributed by atoms with van der Waals surface area (Å²) in [6, 6.07) is 21.6. The molecule has 0 aliphatic carbocycles. The molecule has 0 saturated carbocycles. The molecular weight excluding hydrogens is 455 g/mol. The monoisotopic (exact) mass is 482 g/mol. The average molecular weight is 483 g/mol. The number of carbonyl (C=O) groups excluding carboxylic acids is 2. The van der Waals surface area contributed by atoms with Crippen molar-refractivity contribution in [3.05, 3.63) is 101 Å². The van der Waals surface area contributed by atoms with Crippen molar-refractivity contribution in [3.8, 4) is 5.75 Å². The van der Waals surface area contributed by atoms with Gasteiger partial charge in [0, 0.05) is 24.0 Å². The van der Waals surface area contributed by atoms with Crippen LogP contribution in [-0.4, -0.2) is 35.4 Å². The fourth-order valence-electron chi connectivity index (χ4n) is 3.51. The van der Waals surface area contributed by atoms with Crippen LogP contribution in [0, 0.1) is 5.82 Å². The summed E-state index contributed by atoms with van der Waals surface area (Å²) in [4.78, 5) is 28.1. The number of carbonyl (C=O) groups is 2. The maximum Gasteiger partial charge on any atom is 0.261 e. The van der Waals surface area contributed by atoms with Gasteiger partial charge in [-0.2, -0.15) is 0 Å². The molecule has 5 nitrogen and oxygen atoms in total. The molecule has 1 atom stereocenters. The summed E-state index contributed by atoms with van der Waals surface area (Å²) < 4.78 is 19.5. The van der Waals surface area contributed by atoms with Gasteiger partial charge in [-0.1, -0.05) is 66.2 Å². The van der Waals surface area contributed by atoms with Crippen molar-refractivity contribution in [1.29, 1.82) is 0 Å². The molecule has 2 amide bonds. The number of ether oxygens (including phenoxy) is 1. The van der Waals surface area contributed by atoms with Gasteiger partial charge in [0.05, 0.1) is 0 Å². The molecule has 3 aromatic carbocycles. The lowest BCUT2D eigenvalue weighted by atomic mass is 10.0. The number of nitrogens with one attached hydrogen (secondary N) is 1. The van der Waals surface area contributed by atoms with E-state index >= 15 is 0 Å². The minimum Gasteiger partial charge on any atom is -0.481 e. The SMILES string of the molecule is CC(C)NC(=O)C(Cc1ccccc1)N(Cc1ccc(Cl)cc1)C(=O)COc1ccccc1F. The minimum absolute atomic E-state index is 0.0199. The van der Waals surface area contributed by atoms with Gasteiger partial charge in [0.2, 0.25) is 5.91 Å². The summed E-state index contributed by atoms with van der Waals surface area (Å²) in [6.07, 6.45) is 0.318. The maximum absolute atomic E-state index is 14.0. The van der Waals surface area contributed by atoms with Crippen molar-refractivity contribution in [2.24, 2.45) is 0 Å². The van der Waals surface area contributed by atoms with E-state index in [2.05, 4.69) is 5.32 Å². The predicted octanol–water partition coefficient (Wildman–Crippen LogP) is 5.02.